The second-order valence-corrected chi connectivity index (χ2v) is 3.76. The zero-order valence-corrected chi connectivity index (χ0v) is 9.23. The Bertz CT molecular complexity index is 667. The third-order valence-electron chi connectivity index (χ3n) is 2.79. The summed E-state index contributed by atoms with van der Waals surface area (Å²) in [7, 11) is 3.18. The third kappa shape index (κ3) is 1.37. The quantitative estimate of drug-likeness (QED) is 0.669. The SMILES string of the molecule is Cn1c(=O)c(=O)n(C)c2cc(CN)ccc21. The predicted molar refractivity (Wildman–Crippen MR) is 62.3 cm³/mol. The second-order valence-electron chi connectivity index (χ2n) is 3.76. The standard InChI is InChI=1S/C11H13N3O2/c1-13-8-4-3-7(6-12)5-9(8)14(2)11(16)10(13)15/h3-5H,6,12H2,1-2H3. The van der Waals surface area contributed by atoms with Gasteiger partial charge in [-0.3, -0.25) is 9.59 Å². The molecular formula is C11H13N3O2. The van der Waals surface area contributed by atoms with Crippen molar-refractivity contribution in [3.63, 3.8) is 0 Å². The van der Waals surface area contributed by atoms with Gasteiger partial charge in [-0.2, -0.15) is 0 Å². The van der Waals surface area contributed by atoms with Gasteiger partial charge < -0.3 is 14.9 Å². The Morgan fingerprint density at radius 1 is 1.06 bits per heavy atom. The van der Waals surface area contributed by atoms with Gasteiger partial charge in [0.05, 0.1) is 11.0 Å². The van der Waals surface area contributed by atoms with Crippen LogP contribution in [-0.2, 0) is 20.6 Å². The van der Waals surface area contributed by atoms with Gasteiger partial charge in [0.25, 0.3) is 0 Å². The summed E-state index contributed by atoms with van der Waals surface area (Å²) < 4.78 is 2.72. The van der Waals surface area contributed by atoms with Crippen molar-refractivity contribution in [3.8, 4) is 0 Å². The molecule has 0 spiro atoms. The zero-order valence-electron chi connectivity index (χ0n) is 9.23. The minimum Gasteiger partial charge on any atom is -0.326 e. The number of nitrogens with zero attached hydrogens (tertiary/aromatic N) is 2. The van der Waals surface area contributed by atoms with Crippen LogP contribution >= 0.6 is 0 Å². The van der Waals surface area contributed by atoms with Crippen molar-refractivity contribution in [2.45, 2.75) is 6.54 Å². The van der Waals surface area contributed by atoms with Crippen LogP contribution in [0, 0.1) is 0 Å². The van der Waals surface area contributed by atoms with Gasteiger partial charge in [-0.25, -0.2) is 0 Å². The number of fused-ring (bicyclic) bond motifs is 1. The van der Waals surface area contributed by atoms with E-state index in [9.17, 15) is 9.59 Å². The number of benzene rings is 1. The highest BCUT2D eigenvalue weighted by Gasteiger charge is 2.07. The Morgan fingerprint density at radius 3 is 2.19 bits per heavy atom. The van der Waals surface area contributed by atoms with Crippen molar-refractivity contribution in [2.24, 2.45) is 19.8 Å². The molecule has 0 fully saturated rings. The molecular weight excluding hydrogens is 206 g/mol. The molecule has 2 rings (SSSR count). The van der Waals surface area contributed by atoms with E-state index in [0.29, 0.717) is 6.54 Å². The molecule has 5 nitrogen and oxygen atoms in total. The zero-order chi connectivity index (χ0) is 11.9. The Morgan fingerprint density at radius 2 is 1.62 bits per heavy atom. The molecule has 0 aliphatic heterocycles. The van der Waals surface area contributed by atoms with Gasteiger partial charge >= 0.3 is 11.1 Å². The van der Waals surface area contributed by atoms with E-state index >= 15 is 0 Å². The summed E-state index contributed by atoms with van der Waals surface area (Å²) in [6.07, 6.45) is 0. The first-order valence-electron chi connectivity index (χ1n) is 4.95. The molecule has 84 valence electrons. The van der Waals surface area contributed by atoms with Crippen molar-refractivity contribution in [1.82, 2.24) is 9.13 Å². The van der Waals surface area contributed by atoms with E-state index in [1.54, 1.807) is 20.2 Å². The van der Waals surface area contributed by atoms with Gasteiger partial charge in [0.2, 0.25) is 0 Å². The van der Waals surface area contributed by atoms with Crippen molar-refractivity contribution in [2.75, 3.05) is 0 Å². The van der Waals surface area contributed by atoms with Crippen LogP contribution in [0.15, 0.2) is 27.8 Å². The lowest BCUT2D eigenvalue weighted by atomic mass is 10.2. The molecule has 0 aliphatic rings. The molecule has 2 aromatic rings. The molecule has 0 radical (unpaired) electrons. The van der Waals surface area contributed by atoms with Crippen LogP contribution in [-0.4, -0.2) is 9.13 Å². The molecule has 0 amide bonds. The van der Waals surface area contributed by atoms with Crippen LogP contribution in [0.2, 0.25) is 0 Å². The van der Waals surface area contributed by atoms with Crippen LogP contribution < -0.4 is 16.9 Å². The minimum absolute atomic E-state index is 0.410. The monoisotopic (exact) mass is 219 g/mol. The summed E-state index contributed by atoms with van der Waals surface area (Å²) in [4.78, 5) is 23.2. The summed E-state index contributed by atoms with van der Waals surface area (Å²) in [5.74, 6) is 0. The van der Waals surface area contributed by atoms with Crippen LogP contribution in [0.25, 0.3) is 11.0 Å². The summed E-state index contributed by atoms with van der Waals surface area (Å²) in [6, 6.07) is 5.49. The highest BCUT2D eigenvalue weighted by Crippen LogP contribution is 2.11. The predicted octanol–water partition coefficient (Wildman–Crippen LogP) is -0.304. The molecule has 0 saturated heterocycles. The fraction of sp³-hybridized carbons (Fsp3) is 0.273. The largest absolute Gasteiger partial charge is 0.326 e. The van der Waals surface area contributed by atoms with Gasteiger partial charge in [-0.1, -0.05) is 6.07 Å². The van der Waals surface area contributed by atoms with Gasteiger partial charge in [-0.15, -0.1) is 0 Å². The smallest absolute Gasteiger partial charge is 0.316 e. The molecule has 16 heavy (non-hydrogen) atoms. The number of aromatic nitrogens is 2. The van der Waals surface area contributed by atoms with E-state index in [1.807, 2.05) is 12.1 Å². The molecule has 0 saturated carbocycles. The average Bonchev–Trinajstić information content (AvgIpc) is 2.33. The maximum absolute atomic E-state index is 11.6. The lowest BCUT2D eigenvalue weighted by molar-refractivity contribution is 0.797. The van der Waals surface area contributed by atoms with E-state index in [1.165, 1.54) is 9.13 Å². The molecule has 1 aromatic heterocycles. The summed E-state index contributed by atoms with van der Waals surface area (Å²) >= 11 is 0. The molecule has 0 aliphatic carbocycles. The minimum atomic E-state index is -0.524. The van der Waals surface area contributed by atoms with Gasteiger partial charge in [0.1, 0.15) is 0 Å². The maximum atomic E-state index is 11.6. The van der Waals surface area contributed by atoms with Gasteiger partial charge in [0.15, 0.2) is 0 Å². The van der Waals surface area contributed by atoms with Crippen molar-refractivity contribution >= 4 is 11.0 Å². The molecule has 1 aromatic carbocycles. The number of hydrogen-bond acceptors (Lipinski definition) is 3. The Labute approximate surface area is 91.7 Å². The Hall–Kier alpha value is -1.88. The average molecular weight is 219 g/mol. The highest BCUT2D eigenvalue weighted by molar-refractivity contribution is 5.75. The van der Waals surface area contributed by atoms with Crippen molar-refractivity contribution in [1.29, 1.82) is 0 Å². The first kappa shape index (κ1) is 10.6. The maximum Gasteiger partial charge on any atom is 0.316 e. The molecule has 0 atom stereocenters. The normalized spacial score (nSPS) is 10.9. The fourth-order valence-electron chi connectivity index (χ4n) is 1.75. The number of nitrogens with two attached hydrogens (primary N) is 1. The molecule has 5 heteroatoms. The number of hydrogen-bond donors (Lipinski definition) is 1. The highest BCUT2D eigenvalue weighted by atomic mass is 16.2. The van der Waals surface area contributed by atoms with Crippen molar-refractivity contribution in [3.05, 3.63) is 44.5 Å². The van der Waals surface area contributed by atoms with E-state index < -0.39 is 11.1 Å². The van der Waals surface area contributed by atoms with E-state index in [-0.39, 0.29) is 0 Å². The van der Waals surface area contributed by atoms with Crippen LogP contribution in [0.4, 0.5) is 0 Å². The second kappa shape index (κ2) is 3.61. The van der Waals surface area contributed by atoms with Gasteiger partial charge in [-0.05, 0) is 17.7 Å². The Balaban J connectivity index is 3.03. The van der Waals surface area contributed by atoms with Crippen molar-refractivity contribution < 1.29 is 0 Å². The third-order valence-corrected chi connectivity index (χ3v) is 2.79. The molecule has 0 bridgehead atoms. The number of rotatable bonds is 1. The molecule has 2 N–H and O–H groups in total. The summed E-state index contributed by atoms with van der Waals surface area (Å²) in [5, 5.41) is 0. The summed E-state index contributed by atoms with van der Waals surface area (Å²) in [5.41, 5.74) is 6.87. The van der Waals surface area contributed by atoms with Crippen LogP contribution in [0.1, 0.15) is 5.56 Å². The van der Waals surface area contributed by atoms with Crippen LogP contribution in [0.5, 0.6) is 0 Å². The lowest BCUT2D eigenvalue weighted by Gasteiger charge is -2.09. The van der Waals surface area contributed by atoms with Gasteiger partial charge in [0, 0.05) is 20.6 Å². The van der Waals surface area contributed by atoms with E-state index in [0.717, 1.165) is 16.6 Å². The lowest BCUT2D eigenvalue weighted by Crippen LogP contribution is -2.39. The van der Waals surface area contributed by atoms with E-state index in [4.69, 9.17) is 5.73 Å². The fourth-order valence-corrected chi connectivity index (χ4v) is 1.75. The topological polar surface area (TPSA) is 70.0 Å². The number of aryl methyl sites for hydroxylation is 2. The summed E-state index contributed by atoms with van der Waals surface area (Å²) in [6.45, 7) is 0.410. The molecule has 1 heterocycles. The first-order valence-corrected chi connectivity index (χ1v) is 4.95. The molecule has 0 unspecified atom stereocenters. The first-order chi connectivity index (χ1) is 7.56. The van der Waals surface area contributed by atoms with Crippen LogP contribution in [0.3, 0.4) is 0 Å². The Kier molecular flexibility index (Phi) is 2.40. The van der Waals surface area contributed by atoms with E-state index in [2.05, 4.69) is 0 Å².